The number of fused-ring (bicyclic) bond motifs is 1. The van der Waals surface area contributed by atoms with Crippen molar-refractivity contribution >= 4 is 16.7 Å². The molecule has 1 fully saturated rings. The van der Waals surface area contributed by atoms with Crippen LogP contribution in [0.4, 0.5) is 10.2 Å². The maximum absolute atomic E-state index is 14.8. The molecule has 0 N–H and O–H groups in total. The lowest BCUT2D eigenvalue weighted by atomic mass is 10.1. The molecule has 1 atom stereocenters. The molecule has 1 aliphatic rings. The van der Waals surface area contributed by atoms with E-state index in [1.54, 1.807) is 23.3 Å². The first-order valence-corrected chi connectivity index (χ1v) is 12.2. The Kier molecular flexibility index (Phi) is 5.68. The molecule has 0 bridgehead atoms. The maximum atomic E-state index is 14.8. The van der Waals surface area contributed by atoms with Crippen LogP contribution >= 0.6 is 0 Å². The van der Waals surface area contributed by atoms with Crippen molar-refractivity contribution in [1.29, 1.82) is 0 Å². The molecular weight excluding hydrogens is 471 g/mol. The number of hydrogen-bond acceptors (Lipinski definition) is 7. The molecule has 0 spiro atoms. The Hall–Kier alpha value is -4.18. The molecule has 0 saturated carbocycles. The van der Waals surface area contributed by atoms with Crippen molar-refractivity contribution in [2.45, 2.75) is 26.8 Å². The lowest BCUT2D eigenvalue weighted by Crippen LogP contribution is -2.44. The van der Waals surface area contributed by atoms with Crippen molar-refractivity contribution in [3.05, 3.63) is 66.3 Å². The summed E-state index contributed by atoms with van der Waals surface area (Å²) in [6, 6.07) is 7.15. The average Bonchev–Trinajstić information content (AvgIpc) is 3.42. The molecule has 5 heterocycles. The molecule has 0 unspecified atom stereocenters. The van der Waals surface area contributed by atoms with Crippen molar-refractivity contribution in [3.8, 4) is 28.5 Å². The number of rotatable bonds is 4. The monoisotopic (exact) mass is 498 g/mol. The van der Waals surface area contributed by atoms with Gasteiger partial charge < -0.3 is 14.2 Å². The first kappa shape index (κ1) is 23.2. The Morgan fingerprint density at radius 3 is 2.73 bits per heavy atom. The fourth-order valence-corrected chi connectivity index (χ4v) is 5.06. The molecule has 0 amide bonds. The van der Waals surface area contributed by atoms with E-state index in [0.717, 1.165) is 39.4 Å². The lowest BCUT2D eigenvalue weighted by molar-refractivity contribution is 0.0985. The molecule has 0 radical (unpaired) electrons. The first-order valence-electron chi connectivity index (χ1n) is 12.2. The Morgan fingerprint density at radius 2 is 1.95 bits per heavy atom. The van der Waals surface area contributed by atoms with Crippen LogP contribution in [-0.4, -0.2) is 60.1 Å². The summed E-state index contributed by atoms with van der Waals surface area (Å²) >= 11 is 0. The largest absolute Gasteiger partial charge is 0.377 e. The second-order valence-electron chi connectivity index (χ2n) is 9.39. The van der Waals surface area contributed by atoms with Crippen molar-refractivity contribution in [2.75, 3.05) is 24.7 Å². The van der Waals surface area contributed by atoms with E-state index in [-0.39, 0.29) is 11.9 Å². The van der Waals surface area contributed by atoms with Crippen LogP contribution in [-0.2, 0) is 11.8 Å². The zero-order valence-corrected chi connectivity index (χ0v) is 21.2. The Balaban J connectivity index is 1.58. The fourth-order valence-electron chi connectivity index (χ4n) is 5.06. The minimum Gasteiger partial charge on any atom is -0.377 e. The van der Waals surface area contributed by atoms with Crippen LogP contribution in [0, 0.1) is 19.7 Å². The minimum absolute atomic E-state index is 0.137. The highest BCUT2D eigenvalue weighted by molar-refractivity contribution is 5.94. The van der Waals surface area contributed by atoms with Gasteiger partial charge in [-0.05, 0) is 39.0 Å². The highest BCUT2D eigenvalue weighted by Crippen LogP contribution is 2.34. The van der Waals surface area contributed by atoms with E-state index in [1.165, 1.54) is 12.1 Å². The van der Waals surface area contributed by atoms with Crippen LogP contribution in [0.15, 0.2) is 49.1 Å². The third-order valence-electron chi connectivity index (χ3n) is 6.90. The number of anilines is 1. The van der Waals surface area contributed by atoms with Gasteiger partial charge in [-0.3, -0.25) is 4.98 Å². The van der Waals surface area contributed by atoms with Crippen LogP contribution in [0.2, 0.25) is 0 Å². The van der Waals surface area contributed by atoms with Crippen LogP contribution in [0.25, 0.3) is 39.4 Å². The predicted octanol–water partition coefficient (Wildman–Crippen LogP) is 4.26. The number of benzene rings is 1. The SMILES string of the molecule is Cc1nn(-c2cnccn2)c(C)c1-c1cc(N2CCOC[C@H]2C)nc(-c2cc(F)cc3c2ccn3C)n1. The van der Waals surface area contributed by atoms with Gasteiger partial charge in [-0.1, -0.05) is 0 Å². The predicted molar refractivity (Wildman–Crippen MR) is 139 cm³/mol. The molecule has 5 aromatic rings. The normalized spacial score (nSPS) is 16.0. The molecule has 4 aromatic heterocycles. The Morgan fingerprint density at radius 1 is 1.08 bits per heavy atom. The van der Waals surface area contributed by atoms with E-state index >= 15 is 0 Å². The summed E-state index contributed by atoms with van der Waals surface area (Å²) in [6.45, 7) is 7.98. The molecule has 37 heavy (non-hydrogen) atoms. The summed E-state index contributed by atoms with van der Waals surface area (Å²) in [7, 11) is 1.90. The van der Waals surface area contributed by atoms with E-state index in [1.807, 2.05) is 43.8 Å². The molecule has 6 rings (SSSR count). The van der Waals surface area contributed by atoms with Gasteiger partial charge in [0.1, 0.15) is 11.6 Å². The maximum Gasteiger partial charge on any atom is 0.172 e. The molecule has 1 saturated heterocycles. The van der Waals surface area contributed by atoms with E-state index in [4.69, 9.17) is 19.8 Å². The average molecular weight is 499 g/mol. The van der Waals surface area contributed by atoms with Gasteiger partial charge in [0, 0.05) is 54.8 Å². The zero-order valence-electron chi connectivity index (χ0n) is 21.2. The number of hydrogen-bond donors (Lipinski definition) is 0. The summed E-state index contributed by atoms with van der Waals surface area (Å²) in [5, 5.41) is 5.63. The number of nitrogens with zero attached hydrogens (tertiary/aromatic N) is 8. The number of ether oxygens (including phenoxy) is 1. The van der Waals surface area contributed by atoms with Crippen LogP contribution < -0.4 is 4.90 Å². The summed E-state index contributed by atoms with van der Waals surface area (Å²) < 4.78 is 24.1. The van der Waals surface area contributed by atoms with Crippen molar-refractivity contribution in [3.63, 3.8) is 0 Å². The van der Waals surface area contributed by atoms with Crippen molar-refractivity contribution in [2.24, 2.45) is 7.05 Å². The molecule has 0 aliphatic carbocycles. The van der Waals surface area contributed by atoms with Gasteiger partial charge in [-0.25, -0.2) is 24.0 Å². The molecule has 9 nitrogen and oxygen atoms in total. The zero-order chi connectivity index (χ0) is 25.7. The second-order valence-corrected chi connectivity index (χ2v) is 9.39. The summed E-state index contributed by atoms with van der Waals surface area (Å²) in [4.78, 5) is 20.8. The van der Waals surface area contributed by atoms with E-state index < -0.39 is 0 Å². The van der Waals surface area contributed by atoms with E-state index in [0.29, 0.717) is 37.0 Å². The standard InChI is InChI=1S/C27H27FN8O/c1-16-15-37-10-9-35(16)24-13-22(26-17(2)33-36(18(26)3)25-14-29-6-7-30-25)31-27(32-24)21-11-19(28)12-23-20(21)5-8-34(23)4/h5-8,11-14,16H,9-10,15H2,1-4H3/t16-/m1/s1. The van der Waals surface area contributed by atoms with Gasteiger partial charge in [-0.15, -0.1) is 0 Å². The molecule has 188 valence electrons. The third kappa shape index (κ3) is 4.03. The quantitative estimate of drug-likeness (QED) is 0.366. The first-order chi connectivity index (χ1) is 17.9. The Bertz CT molecular complexity index is 1610. The molecular formula is C27H27FN8O. The van der Waals surface area contributed by atoms with Gasteiger partial charge in [0.05, 0.1) is 48.1 Å². The lowest BCUT2D eigenvalue weighted by Gasteiger charge is -2.34. The number of halogens is 1. The number of morpholine rings is 1. The van der Waals surface area contributed by atoms with Crippen LogP contribution in [0.3, 0.4) is 0 Å². The highest BCUT2D eigenvalue weighted by Gasteiger charge is 2.25. The van der Waals surface area contributed by atoms with E-state index in [2.05, 4.69) is 21.8 Å². The van der Waals surface area contributed by atoms with Crippen LogP contribution in [0.5, 0.6) is 0 Å². The van der Waals surface area contributed by atoms with Crippen molar-refractivity contribution < 1.29 is 9.13 Å². The van der Waals surface area contributed by atoms with Gasteiger partial charge in [0.15, 0.2) is 11.6 Å². The molecule has 1 aromatic carbocycles. The Labute approximate surface area is 213 Å². The summed E-state index contributed by atoms with van der Waals surface area (Å²) in [5.74, 6) is 1.53. The topological polar surface area (TPSA) is 86.8 Å². The van der Waals surface area contributed by atoms with Gasteiger partial charge >= 0.3 is 0 Å². The molecule has 10 heteroatoms. The van der Waals surface area contributed by atoms with Crippen molar-refractivity contribution in [1.82, 2.24) is 34.3 Å². The van der Waals surface area contributed by atoms with Gasteiger partial charge in [-0.2, -0.15) is 5.10 Å². The molecule has 1 aliphatic heterocycles. The smallest absolute Gasteiger partial charge is 0.172 e. The number of aryl methyl sites for hydroxylation is 2. The fraction of sp³-hybridized carbons (Fsp3) is 0.296. The summed E-state index contributed by atoms with van der Waals surface area (Å²) in [6.07, 6.45) is 6.86. The minimum atomic E-state index is -0.331. The van der Waals surface area contributed by atoms with E-state index in [9.17, 15) is 4.39 Å². The van der Waals surface area contributed by atoms with Gasteiger partial charge in [0.25, 0.3) is 0 Å². The summed E-state index contributed by atoms with van der Waals surface area (Å²) in [5.41, 5.74) is 4.73. The second kappa shape index (κ2) is 9.04. The van der Waals surface area contributed by atoms with Gasteiger partial charge in [0.2, 0.25) is 0 Å². The highest BCUT2D eigenvalue weighted by atomic mass is 19.1. The number of aromatic nitrogens is 7. The van der Waals surface area contributed by atoms with Crippen LogP contribution in [0.1, 0.15) is 18.3 Å². The third-order valence-corrected chi connectivity index (χ3v) is 6.90.